The molecule has 0 amide bonds. The normalized spacial score (nSPS) is 10.5. The molecule has 0 unspecified atom stereocenters. The molecule has 0 radical (unpaired) electrons. The zero-order chi connectivity index (χ0) is 16.2. The number of carbonyl (C=O) groups excluding carboxylic acids is 1. The van der Waals surface area contributed by atoms with Gasteiger partial charge in [-0.2, -0.15) is 5.10 Å². The highest BCUT2D eigenvalue weighted by Crippen LogP contribution is 2.26. The van der Waals surface area contributed by atoms with E-state index in [2.05, 4.69) is 31.4 Å². The lowest BCUT2D eigenvalue weighted by molar-refractivity contribution is 0.0526. The van der Waals surface area contributed by atoms with Crippen LogP contribution in [0.15, 0.2) is 53.1 Å². The van der Waals surface area contributed by atoms with E-state index in [4.69, 9.17) is 4.74 Å². The molecule has 1 N–H and O–H groups in total. The Balaban J connectivity index is 1.86. The lowest BCUT2D eigenvalue weighted by atomic mass is 10.2. The van der Waals surface area contributed by atoms with Gasteiger partial charge < -0.3 is 10.1 Å². The monoisotopic (exact) mass is 371 g/mol. The molecule has 0 fully saturated rings. The second-order valence-corrected chi connectivity index (χ2v) is 5.76. The molecular weight excluding hydrogens is 358 g/mol. The second kappa shape index (κ2) is 6.75. The van der Waals surface area contributed by atoms with Gasteiger partial charge in [-0.1, -0.05) is 15.9 Å². The summed E-state index contributed by atoms with van der Waals surface area (Å²) in [6.45, 7) is 2.14. The quantitative estimate of drug-likeness (QED) is 0.692. The fourth-order valence-electron chi connectivity index (χ4n) is 2.19. The molecule has 3 rings (SSSR count). The molecule has 0 saturated heterocycles. The molecule has 3 aromatic rings. The van der Waals surface area contributed by atoms with E-state index in [0.29, 0.717) is 18.0 Å². The fourth-order valence-corrected chi connectivity index (χ4v) is 2.57. The average molecular weight is 372 g/mol. The lowest BCUT2D eigenvalue weighted by Gasteiger charge is -2.09. The SMILES string of the molecule is CCOC(=O)c1ccc(Nc2nncc3cc(Br)ccc23)cc1. The number of aromatic nitrogens is 2. The third-order valence-corrected chi connectivity index (χ3v) is 3.78. The van der Waals surface area contributed by atoms with Crippen molar-refractivity contribution in [3.8, 4) is 0 Å². The van der Waals surface area contributed by atoms with Gasteiger partial charge in [0.1, 0.15) is 0 Å². The maximum Gasteiger partial charge on any atom is 0.338 e. The van der Waals surface area contributed by atoms with E-state index in [1.54, 1.807) is 25.3 Å². The average Bonchev–Trinajstić information content (AvgIpc) is 2.55. The molecule has 1 aromatic heterocycles. The van der Waals surface area contributed by atoms with Gasteiger partial charge in [0.2, 0.25) is 0 Å². The van der Waals surface area contributed by atoms with Crippen molar-refractivity contribution in [3.63, 3.8) is 0 Å². The van der Waals surface area contributed by atoms with Crippen LogP contribution < -0.4 is 5.32 Å². The zero-order valence-electron chi connectivity index (χ0n) is 12.4. The van der Waals surface area contributed by atoms with Gasteiger partial charge >= 0.3 is 5.97 Å². The van der Waals surface area contributed by atoms with Crippen LogP contribution in [0.3, 0.4) is 0 Å². The van der Waals surface area contributed by atoms with E-state index in [1.807, 2.05) is 30.3 Å². The number of fused-ring (bicyclic) bond motifs is 1. The summed E-state index contributed by atoms with van der Waals surface area (Å²) in [6.07, 6.45) is 1.72. The third-order valence-electron chi connectivity index (χ3n) is 3.28. The minimum Gasteiger partial charge on any atom is -0.462 e. The molecule has 116 valence electrons. The van der Waals surface area contributed by atoms with Crippen LogP contribution in [0, 0.1) is 0 Å². The van der Waals surface area contributed by atoms with E-state index in [1.165, 1.54) is 0 Å². The Labute approximate surface area is 141 Å². The van der Waals surface area contributed by atoms with Crippen LogP contribution in [-0.4, -0.2) is 22.8 Å². The number of nitrogens with zero attached hydrogens (tertiary/aromatic N) is 2. The molecule has 0 aliphatic rings. The first kappa shape index (κ1) is 15.4. The minimum absolute atomic E-state index is 0.325. The summed E-state index contributed by atoms with van der Waals surface area (Å²) in [5.74, 6) is 0.340. The summed E-state index contributed by atoms with van der Waals surface area (Å²) < 4.78 is 5.96. The first-order valence-corrected chi connectivity index (χ1v) is 7.92. The first-order chi connectivity index (χ1) is 11.2. The van der Waals surface area contributed by atoms with Crippen LogP contribution in [0.1, 0.15) is 17.3 Å². The minimum atomic E-state index is -0.325. The van der Waals surface area contributed by atoms with E-state index < -0.39 is 0 Å². The van der Waals surface area contributed by atoms with Gasteiger partial charge in [-0.05, 0) is 49.4 Å². The Hall–Kier alpha value is -2.47. The summed E-state index contributed by atoms with van der Waals surface area (Å²) >= 11 is 3.45. The van der Waals surface area contributed by atoms with Crippen molar-refractivity contribution >= 4 is 44.2 Å². The third kappa shape index (κ3) is 3.48. The van der Waals surface area contributed by atoms with Crippen LogP contribution in [0.4, 0.5) is 11.5 Å². The summed E-state index contributed by atoms with van der Waals surface area (Å²) in [4.78, 5) is 11.7. The Morgan fingerprint density at radius 1 is 1.22 bits per heavy atom. The van der Waals surface area contributed by atoms with Gasteiger partial charge in [0.25, 0.3) is 0 Å². The van der Waals surface area contributed by atoms with Crippen LogP contribution in [0.5, 0.6) is 0 Å². The predicted molar refractivity (Wildman–Crippen MR) is 92.9 cm³/mol. The van der Waals surface area contributed by atoms with Crippen LogP contribution >= 0.6 is 15.9 Å². The molecule has 0 bridgehead atoms. The predicted octanol–water partition coefficient (Wildman–Crippen LogP) is 4.31. The Bertz CT molecular complexity index is 850. The number of carbonyl (C=O) groups is 1. The molecule has 0 aliphatic heterocycles. The van der Waals surface area contributed by atoms with E-state index >= 15 is 0 Å². The molecule has 23 heavy (non-hydrogen) atoms. The smallest absolute Gasteiger partial charge is 0.338 e. The van der Waals surface area contributed by atoms with E-state index in [0.717, 1.165) is 20.9 Å². The van der Waals surface area contributed by atoms with E-state index in [-0.39, 0.29) is 5.97 Å². The highest BCUT2D eigenvalue weighted by Gasteiger charge is 2.07. The van der Waals surface area contributed by atoms with Gasteiger partial charge in [-0.15, -0.1) is 5.10 Å². The molecule has 0 spiro atoms. The van der Waals surface area contributed by atoms with Crippen molar-refractivity contribution in [1.29, 1.82) is 0 Å². The molecule has 5 nitrogen and oxygen atoms in total. The number of rotatable bonds is 4. The number of nitrogens with one attached hydrogen (secondary N) is 1. The lowest BCUT2D eigenvalue weighted by Crippen LogP contribution is -2.04. The zero-order valence-corrected chi connectivity index (χ0v) is 14.0. The molecule has 1 heterocycles. The maximum absolute atomic E-state index is 11.7. The van der Waals surface area contributed by atoms with Crippen molar-refractivity contribution in [2.75, 3.05) is 11.9 Å². The van der Waals surface area contributed by atoms with Crippen molar-refractivity contribution in [3.05, 3.63) is 58.7 Å². The molecule has 6 heteroatoms. The molecular formula is C17H14BrN3O2. The van der Waals surface area contributed by atoms with Gasteiger partial charge in [0.15, 0.2) is 5.82 Å². The number of benzene rings is 2. The topological polar surface area (TPSA) is 64.1 Å². The van der Waals surface area contributed by atoms with Gasteiger partial charge in [0, 0.05) is 20.9 Å². The van der Waals surface area contributed by atoms with E-state index in [9.17, 15) is 4.79 Å². The van der Waals surface area contributed by atoms with Gasteiger partial charge in [-0.25, -0.2) is 4.79 Å². The fraction of sp³-hybridized carbons (Fsp3) is 0.118. The largest absolute Gasteiger partial charge is 0.462 e. The Morgan fingerprint density at radius 3 is 2.74 bits per heavy atom. The number of ether oxygens (including phenoxy) is 1. The second-order valence-electron chi connectivity index (χ2n) is 4.85. The number of hydrogen-bond donors (Lipinski definition) is 1. The summed E-state index contributed by atoms with van der Waals surface area (Å²) in [5, 5.41) is 13.3. The van der Waals surface area contributed by atoms with Crippen LogP contribution in [-0.2, 0) is 4.74 Å². The highest BCUT2D eigenvalue weighted by atomic mass is 79.9. The van der Waals surface area contributed by atoms with Crippen molar-refractivity contribution in [2.45, 2.75) is 6.92 Å². The van der Waals surface area contributed by atoms with Crippen molar-refractivity contribution in [1.82, 2.24) is 10.2 Å². The Kier molecular flexibility index (Phi) is 4.52. The number of esters is 1. The van der Waals surface area contributed by atoms with Gasteiger partial charge in [-0.3, -0.25) is 0 Å². The number of hydrogen-bond acceptors (Lipinski definition) is 5. The maximum atomic E-state index is 11.7. The Morgan fingerprint density at radius 2 is 2.00 bits per heavy atom. The van der Waals surface area contributed by atoms with Gasteiger partial charge in [0.05, 0.1) is 18.4 Å². The summed E-state index contributed by atoms with van der Waals surface area (Å²) in [7, 11) is 0. The standard InChI is InChI=1S/C17H14BrN3O2/c1-2-23-17(22)11-3-6-14(7-4-11)20-16-15-8-5-13(18)9-12(15)10-19-21-16/h3-10H,2H2,1H3,(H,20,21). The summed E-state index contributed by atoms with van der Waals surface area (Å²) in [5.41, 5.74) is 1.34. The van der Waals surface area contributed by atoms with Crippen molar-refractivity contribution in [2.24, 2.45) is 0 Å². The molecule has 2 aromatic carbocycles. The van der Waals surface area contributed by atoms with Crippen LogP contribution in [0.25, 0.3) is 10.8 Å². The van der Waals surface area contributed by atoms with Crippen LogP contribution in [0.2, 0.25) is 0 Å². The number of halogens is 1. The summed E-state index contributed by atoms with van der Waals surface area (Å²) in [6, 6.07) is 13.0. The highest BCUT2D eigenvalue weighted by molar-refractivity contribution is 9.10. The molecule has 0 atom stereocenters. The molecule has 0 aliphatic carbocycles. The molecule has 0 saturated carbocycles. The first-order valence-electron chi connectivity index (χ1n) is 7.12. The van der Waals surface area contributed by atoms with Crippen molar-refractivity contribution < 1.29 is 9.53 Å². The number of anilines is 2.